The molecule has 0 aliphatic heterocycles. The van der Waals surface area contributed by atoms with E-state index < -0.39 is 0 Å². The Morgan fingerprint density at radius 1 is 1.12 bits per heavy atom. The van der Waals surface area contributed by atoms with Crippen molar-refractivity contribution in [3.8, 4) is 0 Å². The van der Waals surface area contributed by atoms with Gasteiger partial charge in [-0.05, 0) is 36.2 Å². The molecule has 0 unspecified atom stereocenters. The fraction of sp³-hybridized carbons (Fsp3) is 0.222. The highest BCUT2D eigenvalue weighted by Crippen LogP contribution is 2.09. The SMILES string of the molecule is CC(CC(=O)NCc1cccnc1)=NNC(=O)Cc1ccc(Cl)cc1. The van der Waals surface area contributed by atoms with Crippen LogP contribution in [-0.4, -0.2) is 22.5 Å². The number of benzene rings is 1. The number of rotatable bonds is 7. The Labute approximate surface area is 151 Å². The highest BCUT2D eigenvalue weighted by atomic mass is 35.5. The van der Waals surface area contributed by atoms with E-state index in [4.69, 9.17) is 11.6 Å². The van der Waals surface area contributed by atoms with Gasteiger partial charge in [0.1, 0.15) is 0 Å². The van der Waals surface area contributed by atoms with Crippen LogP contribution in [0.4, 0.5) is 0 Å². The Balaban J connectivity index is 1.73. The third-order valence-electron chi connectivity index (χ3n) is 3.28. The predicted octanol–water partition coefficient (Wildman–Crippen LogP) is 2.48. The van der Waals surface area contributed by atoms with Gasteiger partial charge in [0, 0.05) is 29.7 Å². The molecule has 0 fully saturated rings. The fourth-order valence-electron chi connectivity index (χ4n) is 2.02. The van der Waals surface area contributed by atoms with Gasteiger partial charge in [-0.25, -0.2) is 5.43 Å². The van der Waals surface area contributed by atoms with Gasteiger partial charge < -0.3 is 5.32 Å². The molecule has 6 nitrogen and oxygen atoms in total. The molecule has 0 spiro atoms. The number of nitrogens with zero attached hydrogens (tertiary/aromatic N) is 2. The fourth-order valence-corrected chi connectivity index (χ4v) is 2.15. The van der Waals surface area contributed by atoms with Gasteiger partial charge in [0.2, 0.25) is 11.8 Å². The summed E-state index contributed by atoms with van der Waals surface area (Å²) in [6.07, 6.45) is 3.68. The molecular weight excluding hydrogens is 340 g/mol. The zero-order valence-corrected chi connectivity index (χ0v) is 14.6. The molecule has 0 saturated carbocycles. The quantitative estimate of drug-likeness (QED) is 0.589. The molecule has 7 heteroatoms. The molecule has 1 aromatic carbocycles. The average Bonchev–Trinajstić information content (AvgIpc) is 2.61. The molecule has 0 radical (unpaired) electrons. The first-order chi connectivity index (χ1) is 12.0. The van der Waals surface area contributed by atoms with Crippen LogP contribution in [0.2, 0.25) is 5.02 Å². The largest absolute Gasteiger partial charge is 0.352 e. The second-order valence-electron chi connectivity index (χ2n) is 5.50. The van der Waals surface area contributed by atoms with Crippen LogP contribution in [0.1, 0.15) is 24.5 Å². The average molecular weight is 359 g/mol. The van der Waals surface area contributed by atoms with Crippen molar-refractivity contribution in [1.82, 2.24) is 15.7 Å². The van der Waals surface area contributed by atoms with Gasteiger partial charge in [0.05, 0.1) is 12.8 Å². The minimum Gasteiger partial charge on any atom is -0.352 e. The third kappa shape index (κ3) is 7.14. The number of hydrazone groups is 1. The minimum absolute atomic E-state index is 0.113. The van der Waals surface area contributed by atoms with E-state index in [0.29, 0.717) is 17.3 Å². The van der Waals surface area contributed by atoms with Crippen molar-refractivity contribution in [3.05, 3.63) is 64.9 Å². The topological polar surface area (TPSA) is 83.4 Å². The van der Waals surface area contributed by atoms with Gasteiger partial charge >= 0.3 is 0 Å². The Hall–Kier alpha value is -2.73. The number of aromatic nitrogens is 1. The Bertz CT molecular complexity index is 745. The number of halogens is 1. The summed E-state index contributed by atoms with van der Waals surface area (Å²) in [4.78, 5) is 27.7. The van der Waals surface area contributed by atoms with Crippen molar-refractivity contribution in [2.45, 2.75) is 26.3 Å². The highest BCUT2D eigenvalue weighted by Gasteiger charge is 2.06. The van der Waals surface area contributed by atoms with Crippen LogP contribution in [-0.2, 0) is 22.6 Å². The van der Waals surface area contributed by atoms with Crippen LogP contribution >= 0.6 is 11.6 Å². The zero-order valence-electron chi connectivity index (χ0n) is 13.8. The van der Waals surface area contributed by atoms with Gasteiger partial charge in [-0.15, -0.1) is 0 Å². The standard InChI is InChI=1S/C18H19ClN4O2/c1-13(9-17(24)21-12-15-3-2-8-20-11-15)22-23-18(25)10-14-4-6-16(19)7-5-14/h2-8,11H,9-10,12H2,1H3,(H,21,24)(H,23,25). The lowest BCUT2D eigenvalue weighted by Gasteiger charge is -2.05. The number of hydrogen-bond donors (Lipinski definition) is 2. The van der Waals surface area contributed by atoms with Crippen molar-refractivity contribution < 1.29 is 9.59 Å². The van der Waals surface area contributed by atoms with E-state index in [0.717, 1.165) is 11.1 Å². The van der Waals surface area contributed by atoms with Crippen LogP contribution in [0.25, 0.3) is 0 Å². The molecule has 2 rings (SSSR count). The summed E-state index contributed by atoms with van der Waals surface area (Å²) in [5.74, 6) is -0.422. The number of amides is 2. The van der Waals surface area contributed by atoms with E-state index in [1.165, 1.54) is 0 Å². The molecule has 1 heterocycles. The smallest absolute Gasteiger partial charge is 0.244 e. The van der Waals surface area contributed by atoms with Crippen molar-refractivity contribution in [2.75, 3.05) is 0 Å². The summed E-state index contributed by atoms with van der Waals surface area (Å²) in [7, 11) is 0. The number of nitrogens with one attached hydrogen (secondary N) is 2. The number of pyridine rings is 1. The molecule has 0 bridgehead atoms. The van der Waals surface area contributed by atoms with E-state index in [1.807, 2.05) is 12.1 Å². The van der Waals surface area contributed by atoms with Gasteiger partial charge in [0.15, 0.2) is 0 Å². The highest BCUT2D eigenvalue weighted by molar-refractivity contribution is 6.30. The summed E-state index contributed by atoms with van der Waals surface area (Å²) in [6.45, 7) is 2.09. The maximum atomic E-state index is 11.9. The maximum Gasteiger partial charge on any atom is 0.244 e. The molecule has 130 valence electrons. The Kier molecular flexibility index (Phi) is 7.10. The summed E-state index contributed by atoms with van der Waals surface area (Å²) < 4.78 is 0. The van der Waals surface area contributed by atoms with Crippen molar-refractivity contribution >= 4 is 29.1 Å². The van der Waals surface area contributed by atoms with Crippen LogP contribution < -0.4 is 10.7 Å². The molecule has 0 aliphatic rings. The second kappa shape index (κ2) is 9.54. The molecule has 0 aliphatic carbocycles. The maximum absolute atomic E-state index is 11.9. The van der Waals surface area contributed by atoms with Gasteiger partial charge in [-0.2, -0.15) is 5.10 Å². The van der Waals surface area contributed by atoms with Gasteiger partial charge in [-0.1, -0.05) is 29.8 Å². The summed E-state index contributed by atoms with van der Waals surface area (Å²) >= 11 is 5.80. The lowest BCUT2D eigenvalue weighted by Crippen LogP contribution is -2.26. The van der Waals surface area contributed by atoms with E-state index in [9.17, 15) is 9.59 Å². The lowest BCUT2D eigenvalue weighted by molar-refractivity contribution is -0.121. The van der Waals surface area contributed by atoms with Crippen molar-refractivity contribution in [1.29, 1.82) is 0 Å². The van der Waals surface area contributed by atoms with E-state index in [2.05, 4.69) is 20.8 Å². The molecular formula is C18H19ClN4O2. The molecule has 2 aromatic rings. The van der Waals surface area contributed by atoms with Crippen molar-refractivity contribution in [2.24, 2.45) is 5.10 Å². The second-order valence-corrected chi connectivity index (χ2v) is 5.94. The van der Waals surface area contributed by atoms with E-state index >= 15 is 0 Å². The van der Waals surface area contributed by atoms with Crippen molar-refractivity contribution in [3.63, 3.8) is 0 Å². The number of carbonyl (C=O) groups excluding carboxylic acids is 2. The van der Waals surface area contributed by atoms with Gasteiger partial charge in [-0.3, -0.25) is 14.6 Å². The lowest BCUT2D eigenvalue weighted by atomic mass is 10.1. The normalized spacial score (nSPS) is 11.0. The summed E-state index contributed by atoms with van der Waals surface area (Å²) in [5, 5.41) is 7.35. The number of carbonyl (C=O) groups is 2. The molecule has 25 heavy (non-hydrogen) atoms. The van der Waals surface area contributed by atoms with Gasteiger partial charge in [0.25, 0.3) is 0 Å². The first-order valence-corrected chi connectivity index (χ1v) is 8.13. The zero-order chi connectivity index (χ0) is 18.1. The van der Waals surface area contributed by atoms with Crippen LogP contribution in [0.15, 0.2) is 53.9 Å². The minimum atomic E-state index is -0.252. The molecule has 2 amide bonds. The van der Waals surface area contributed by atoms with Crippen LogP contribution in [0.3, 0.4) is 0 Å². The number of hydrogen-bond acceptors (Lipinski definition) is 4. The summed E-state index contributed by atoms with van der Waals surface area (Å²) in [5.41, 5.74) is 4.73. The predicted molar refractivity (Wildman–Crippen MR) is 97.1 cm³/mol. The van der Waals surface area contributed by atoms with E-state index in [-0.39, 0.29) is 24.7 Å². The summed E-state index contributed by atoms with van der Waals surface area (Å²) in [6, 6.07) is 10.7. The molecule has 0 atom stereocenters. The molecule has 0 saturated heterocycles. The van der Waals surface area contributed by atoms with Crippen LogP contribution in [0, 0.1) is 0 Å². The Morgan fingerprint density at radius 3 is 2.56 bits per heavy atom. The molecule has 2 N–H and O–H groups in total. The Morgan fingerprint density at radius 2 is 1.88 bits per heavy atom. The first kappa shape index (κ1) is 18.6. The molecule has 1 aromatic heterocycles. The third-order valence-corrected chi connectivity index (χ3v) is 3.53. The van der Waals surface area contributed by atoms with Crippen LogP contribution in [0.5, 0.6) is 0 Å². The monoisotopic (exact) mass is 358 g/mol. The van der Waals surface area contributed by atoms with E-state index in [1.54, 1.807) is 43.6 Å². The first-order valence-electron chi connectivity index (χ1n) is 7.75.